The zero-order valence-corrected chi connectivity index (χ0v) is 22.0. The molecule has 0 saturated carbocycles. The lowest BCUT2D eigenvalue weighted by atomic mass is 9.81. The smallest absolute Gasteiger partial charge is 0.0718 e. The molecule has 38 heavy (non-hydrogen) atoms. The maximum Gasteiger partial charge on any atom is 0.0718 e. The maximum absolute atomic E-state index is 5.25. The largest absolute Gasteiger partial charge is 0.248 e. The highest BCUT2D eigenvalue weighted by Crippen LogP contribution is 2.49. The summed E-state index contributed by atoms with van der Waals surface area (Å²) in [7, 11) is 0. The third kappa shape index (κ3) is 3.43. The normalized spacial score (nSPS) is 13.3. The van der Waals surface area contributed by atoms with Gasteiger partial charge in [-0.2, -0.15) is 0 Å². The fraction of sp³-hybridized carbons (Fsp3) is 0.108. The monoisotopic (exact) mass is 487 g/mol. The quantitative estimate of drug-likeness (QED) is 0.242. The second-order valence-corrected chi connectivity index (χ2v) is 10.9. The molecule has 0 amide bonds. The van der Waals surface area contributed by atoms with E-state index >= 15 is 0 Å². The van der Waals surface area contributed by atoms with Crippen LogP contribution in [0, 0.1) is 6.92 Å². The Morgan fingerprint density at radius 3 is 1.84 bits per heavy atom. The molecule has 7 rings (SSSR count). The Morgan fingerprint density at radius 2 is 1.11 bits per heavy atom. The number of benzene rings is 5. The molecule has 0 atom stereocenters. The van der Waals surface area contributed by atoms with E-state index in [1.54, 1.807) is 0 Å². The van der Waals surface area contributed by atoms with Crippen molar-refractivity contribution in [2.75, 3.05) is 0 Å². The number of nitrogens with zero attached hydrogens (tertiary/aromatic N) is 1. The lowest BCUT2D eigenvalue weighted by molar-refractivity contribution is 0.660. The third-order valence-corrected chi connectivity index (χ3v) is 8.28. The van der Waals surface area contributed by atoms with Crippen molar-refractivity contribution in [1.29, 1.82) is 0 Å². The van der Waals surface area contributed by atoms with Gasteiger partial charge in [0.15, 0.2) is 0 Å². The van der Waals surface area contributed by atoms with Crippen molar-refractivity contribution >= 4 is 10.9 Å². The Morgan fingerprint density at radius 1 is 0.500 bits per heavy atom. The average molecular weight is 488 g/mol. The van der Waals surface area contributed by atoms with Crippen molar-refractivity contribution in [3.05, 3.63) is 138 Å². The molecule has 0 unspecified atom stereocenters. The zero-order valence-electron chi connectivity index (χ0n) is 22.0. The van der Waals surface area contributed by atoms with Gasteiger partial charge in [0.25, 0.3) is 0 Å². The molecule has 1 heterocycles. The van der Waals surface area contributed by atoms with Crippen molar-refractivity contribution in [2.45, 2.75) is 26.2 Å². The van der Waals surface area contributed by atoms with Crippen molar-refractivity contribution in [3.8, 4) is 44.6 Å². The van der Waals surface area contributed by atoms with Crippen LogP contribution >= 0.6 is 0 Å². The van der Waals surface area contributed by atoms with Crippen LogP contribution in [0.1, 0.15) is 30.5 Å². The SMILES string of the molecule is Cc1c(-c2ccccc2)ccc2nc(-c3ccc4c(c3)C(C)(C)c3ccccc3-4)cc(-c3ccccc3)c12. The van der Waals surface area contributed by atoms with Crippen LogP contribution in [0.5, 0.6) is 0 Å². The Labute approximate surface area is 224 Å². The molecule has 1 aliphatic carbocycles. The summed E-state index contributed by atoms with van der Waals surface area (Å²) in [6.07, 6.45) is 0. The van der Waals surface area contributed by atoms with Crippen molar-refractivity contribution in [2.24, 2.45) is 0 Å². The molecule has 0 spiro atoms. The van der Waals surface area contributed by atoms with Gasteiger partial charge in [-0.25, -0.2) is 4.98 Å². The van der Waals surface area contributed by atoms with Gasteiger partial charge in [-0.3, -0.25) is 0 Å². The van der Waals surface area contributed by atoms with Crippen LogP contribution in [0.3, 0.4) is 0 Å². The minimum absolute atomic E-state index is 0.0395. The summed E-state index contributed by atoms with van der Waals surface area (Å²) >= 11 is 0. The van der Waals surface area contributed by atoms with Crippen LogP contribution in [-0.4, -0.2) is 4.98 Å². The molecule has 1 nitrogen and oxygen atoms in total. The highest BCUT2D eigenvalue weighted by atomic mass is 14.7. The number of hydrogen-bond donors (Lipinski definition) is 0. The fourth-order valence-electron chi connectivity index (χ4n) is 6.29. The summed E-state index contributed by atoms with van der Waals surface area (Å²) in [5, 5.41) is 1.22. The molecule has 6 aromatic rings. The van der Waals surface area contributed by atoms with Crippen LogP contribution in [0.2, 0.25) is 0 Å². The first-order chi connectivity index (χ1) is 18.5. The maximum atomic E-state index is 5.25. The summed E-state index contributed by atoms with van der Waals surface area (Å²) in [5.74, 6) is 0. The van der Waals surface area contributed by atoms with Crippen LogP contribution in [-0.2, 0) is 5.41 Å². The van der Waals surface area contributed by atoms with E-state index < -0.39 is 0 Å². The van der Waals surface area contributed by atoms with Gasteiger partial charge in [0.2, 0.25) is 0 Å². The molecule has 1 aliphatic rings. The highest BCUT2D eigenvalue weighted by Gasteiger charge is 2.35. The molecule has 0 fully saturated rings. The molecule has 0 N–H and O–H groups in total. The predicted molar refractivity (Wildman–Crippen MR) is 160 cm³/mol. The molecule has 182 valence electrons. The van der Waals surface area contributed by atoms with E-state index in [2.05, 4.69) is 142 Å². The van der Waals surface area contributed by atoms with Gasteiger partial charge in [-0.15, -0.1) is 0 Å². The Balaban J connectivity index is 1.46. The third-order valence-electron chi connectivity index (χ3n) is 8.28. The van der Waals surface area contributed by atoms with E-state index in [9.17, 15) is 0 Å². The Kier molecular flexibility index (Phi) is 5.09. The van der Waals surface area contributed by atoms with Crippen molar-refractivity contribution < 1.29 is 0 Å². The molecular weight excluding hydrogens is 458 g/mol. The molecular formula is C37H29N. The average Bonchev–Trinajstić information content (AvgIpc) is 3.20. The summed E-state index contributed by atoms with van der Waals surface area (Å²) in [6, 6.07) is 43.8. The first-order valence-corrected chi connectivity index (χ1v) is 13.3. The lowest BCUT2D eigenvalue weighted by Gasteiger charge is -2.22. The van der Waals surface area contributed by atoms with E-state index in [0.717, 1.165) is 16.8 Å². The minimum atomic E-state index is -0.0395. The number of hydrogen-bond acceptors (Lipinski definition) is 1. The van der Waals surface area contributed by atoms with Gasteiger partial charge >= 0.3 is 0 Å². The van der Waals surface area contributed by atoms with Gasteiger partial charge in [-0.1, -0.05) is 117 Å². The van der Waals surface area contributed by atoms with Gasteiger partial charge < -0.3 is 0 Å². The lowest BCUT2D eigenvalue weighted by Crippen LogP contribution is -2.14. The van der Waals surface area contributed by atoms with Crippen LogP contribution in [0.15, 0.2) is 121 Å². The molecule has 1 aromatic heterocycles. The minimum Gasteiger partial charge on any atom is -0.248 e. The molecule has 0 bridgehead atoms. The molecule has 5 aromatic carbocycles. The molecule has 0 aliphatic heterocycles. The predicted octanol–water partition coefficient (Wildman–Crippen LogP) is 9.85. The van der Waals surface area contributed by atoms with E-state index in [1.807, 2.05) is 0 Å². The topological polar surface area (TPSA) is 12.9 Å². The van der Waals surface area contributed by atoms with Crippen LogP contribution in [0.25, 0.3) is 55.5 Å². The Bertz CT molecular complexity index is 1830. The second kappa shape index (κ2) is 8.53. The first kappa shape index (κ1) is 22.7. The summed E-state index contributed by atoms with van der Waals surface area (Å²) < 4.78 is 0. The number of pyridine rings is 1. The summed E-state index contributed by atoms with van der Waals surface area (Å²) in [4.78, 5) is 5.25. The highest BCUT2D eigenvalue weighted by molar-refractivity contribution is 6.02. The number of aryl methyl sites for hydroxylation is 1. The molecule has 0 saturated heterocycles. The zero-order chi connectivity index (χ0) is 25.9. The standard InChI is InChI=1S/C37H29N/c1-24-28(25-12-6-4-7-13-25)20-21-34-36(24)31(26-14-8-5-9-15-26)23-35(38-34)27-18-19-30-29-16-10-11-17-32(29)37(2,3)33(30)22-27/h4-23H,1-3H3. The van der Waals surface area contributed by atoms with Crippen molar-refractivity contribution in [1.82, 2.24) is 4.98 Å². The fourth-order valence-corrected chi connectivity index (χ4v) is 6.29. The molecule has 1 heteroatoms. The van der Waals surface area contributed by atoms with Gasteiger partial charge in [0.1, 0.15) is 0 Å². The van der Waals surface area contributed by atoms with E-state index in [0.29, 0.717) is 0 Å². The van der Waals surface area contributed by atoms with Gasteiger partial charge in [0, 0.05) is 16.4 Å². The van der Waals surface area contributed by atoms with Gasteiger partial charge in [-0.05, 0) is 75.2 Å². The number of fused-ring (bicyclic) bond motifs is 4. The summed E-state index contributed by atoms with van der Waals surface area (Å²) in [5.41, 5.74) is 14.8. The second-order valence-electron chi connectivity index (χ2n) is 10.9. The number of rotatable bonds is 3. The summed E-state index contributed by atoms with van der Waals surface area (Å²) in [6.45, 7) is 6.89. The number of aromatic nitrogens is 1. The van der Waals surface area contributed by atoms with Crippen molar-refractivity contribution in [3.63, 3.8) is 0 Å². The van der Waals surface area contributed by atoms with E-state index in [4.69, 9.17) is 4.98 Å². The van der Waals surface area contributed by atoms with Crippen LogP contribution < -0.4 is 0 Å². The van der Waals surface area contributed by atoms with Crippen LogP contribution in [0.4, 0.5) is 0 Å². The first-order valence-electron chi connectivity index (χ1n) is 13.3. The van der Waals surface area contributed by atoms with E-state index in [-0.39, 0.29) is 5.41 Å². The van der Waals surface area contributed by atoms with Gasteiger partial charge in [0.05, 0.1) is 11.2 Å². The Hall–Kier alpha value is -4.49. The van der Waals surface area contributed by atoms with E-state index in [1.165, 1.54) is 55.5 Å². The molecule has 0 radical (unpaired) electrons.